The van der Waals surface area contributed by atoms with Gasteiger partial charge in [-0.25, -0.2) is 4.52 Å². The fraction of sp³-hybridized carbons (Fsp3) is 0.0909. The molecule has 1 N–H and O–H groups in total. The van der Waals surface area contributed by atoms with Gasteiger partial charge in [0.15, 0.2) is 5.65 Å². The molecule has 0 aliphatic heterocycles. The highest BCUT2D eigenvalue weighted by Gasteiger charge is 2.08. The van der Waals surface area contributed by atoms with Gasteiger partial charge in [0, 0.05) is 18.2 Å². The molecule has 0 aliphatic rings. The first-order valence-corrected chi connectivity index (χ1v) is 8.84. The minimum Gasteiger partial charge on any atom is -0.322 e. The lowest BCUT2D eigenvalue weighted by molar-refractivity contribution is -0.116. The van der Waals surface area contributed by atoms with Crippen LogP contribution in [0.4, 0.5) is 11.6 Å². The predicted octanol–water partition coefficient (Wildman–Crippen LogP) is 4.14. The normalized spacial score (nSPS) is 10.6. The van der Waals surface area contributed by atoms with Crippen molar-refractivity contribution in [2.45, 2.75) is 13.3 Å². The number of para-hydroxylation sites is 1. The molecule has 0 aliphatic carbocycles. The maximum atomic E-state index is 11.4. The number of hydrogen-bond acceptors (Lipinski definition) is 5. The van der Waals surface area contributed by atoms with Gasteiger partial charge in [0.05, 0.1) is 11.3 Å². The molecule has 2 aromatic carbocycles. The number of nitrogens with one attached hydrogen (secondary N) is 1. The lowest BCUT2D eigenvalue weighted by atomic mass is 10.0. The average molecular weight is 367 g/mol. The Kier molecular flexibility index (Phi) is 4.56. The number of hydrogen-bond donors (Lipinski definition) is 1. The Morgan fingerprint density at radius 2 is 1.96 bits per heavy atom. The van der Waals surface area contributed by atoms with Crippen LogP contribution in [0.3, 0.4) is 0 Å². The maximum absolute atomic E-state index is 11.4. The van der Waals surface area contributed by atoms with Crippen LogP contribution < -0.4 is 5.32 Å². The summed E-state index contributed by atoms with van der Waals surface area (Å²) in [7, 11) is 0. The van der Waals surface area contributed by atoms with Gasteiger partial charge in [-0.15, -0.1) is 5.10 Å². The largest absolute Gasteiger partial charge is 0.322 e. The number of benzene rings is 2. The van der Waals surface area contributed by atoms with E-state index >= 15 is 0 Å². The third kappa shape index (κ3) is 3.60. The van der Waals surface area contributed by atoms with Crippen LogP contribution >= 0.6 is 0 Å². The van der Waals surface area contributed by atoms with Crippen molar-refractivity contribution in [3.63, 3.8) is 0 Å². The van der Waals surface area contributed by atoms with Crippen molar-refractivity contribution in [1.82, 2.24) is 14.6 Å². The van der Waals surface area contributed by atoms with Crippen molar-refractivity contribution in [2.24, 2.45) is 0 Å². The lowest BCUT2D eigenvalue weighted by Gasteiger charge is -2.05. The fourth-order valence-corrected chi connectivity index (χ4v) is 3.07. The molecule has 0 unspecified atom stereocenters. The van der Waals surface area contributed by atoms with Crippen LogP contribution in [0.1, 0.15) is 18.1 Å². The van der Waals surface area contributed by atoms with Crippen LogP contribution in [0.2, 0.25) is 0 Å². The van der Waals surface area contributed by atoms with Gasteiger partial charge in [-0.05, 0) is 42.3 Å². The van der Waals surface area contributed by atoms with Crippen molar-refractivity contribution in [3.05, 3.63) is 78.0 Å². The summed E-state index contributed by atoms with van der Waals surface area (Å²) < 4.78 is 1.70. The lowest BCUT2D eigenvalue weighted by Crippen LogP contribution is -1.96. The van der Waals surface area contributed by atoms with Gasteiger partial charge in [-0.3, -0.25) is 4.79 Å². The monoisotopic (exact) mass is 367 g/mol. The summed E-state index contributed by atoms with van der Waals surface area (Å²) >= 11 is 0. The van der Waals surface area contributed by atoms with Crippen LogP contribution in [0.5, 0.6) is 0 Å². The van der Waals surface area contributed by atoms with Gasteiger partial charge in [0.1, 0.15) is 11.9 Å². The van der Waals surface area contributed by atoms with Crippen molar-refractivity contribution < 1.29 is 4.79 Å². The Bertz CT molecular complexity index is 1220. The third-order valence-corrected chi connectivity index (χ3v) is 4.34. The van der Waals surface area contributed by atoms with Gasteiger partial charge in [-0.1, -0.05) is 36.4 Å². The highest BCUT2D eigenvalue weighted by Crippen LogP contribution is 2.23. The Hall–Kier alpha value is -3.98. The number of anilines is 2. The van der Waals surface area contributed by atoms with E-state index in [0.717, 1.165) is 16.7 Å². The number of ketones is 1. The standard InChI is InChI=1S/C22H17N5O/c1-15(28)11-16-5-4-7-17(12-16)19-9-10-21-25-22(26-27(21)14-19)24-20-8-3-2-6-18(20)13-23/h2-10,12,14H,11H2,1H3,(H,24,26). The van der Waals surface area contributed by atoms with Crippen LogP contribution in [-0.2, 0) is 11.2 Å². The molecule has 2 aromatic heterocycles. The Morgan fingerprint density at radius 1 is 1.11 bits per heavy atom. The van der Waals surface area contributed by atoms with Gasteiger partial charge in [0.25, 0.3) is 0 Å². The second-order valence-electron chi connectivity index (χ2n) is 6.52. The highest BCUT2D eigenvalue weighted by atomic mass is 16.1. The van der Waals surface area contributed by atoms with Crippen molar-refractivity contribution in [1.29, 1.82) is 5.26 Å². The molecule has 0 atom stereocenters. The van der Waals surface area contributed by atoms with Crippen LogP contribution in [0.25, 0.3) is 16.8 Å². The zero-order valence-corrected chi connectivity index (χ0v) is 15.3. The summed E-state index contributed by atoms with van der Waals surface area (Å²) in [5, 5.41) is 16.8. The summed E-state index contributed by atoms with van der Waals surface area (Å²) in [6, 6.07) is 21.2. The van der Waals surface area contributed by atoms with E-state index in [1.165, 1.54) is 0 Å². The number of carbonyl (C=O) groups excluding carboxylic acids is 1. The molecule has 4 aromatic rings. The number of carbonyl (C=O) groups is 1. The van der Waals surface area contributed by atoms with Crippen LogP contribution in [-0.4, -0.2) is 20.4 Å². The number of nitrogens with zero attached hydrogens (tertiary/aromatic N) is 4. The Morgan fingerprint density at radius 3 is 2.79 bits per heavy atom. The Labute approximate surface area is 162 Å². The molecular formula is C22H17N5O. The van der Waals surface area contributed by atoms with E-state index in [-0.39, 0.29) is 5.78 Å². The molecule has 6 nitrogen and oxygen atoms in total. The molecule has 6 heteroatoms. The molecule has 0 saturated heterocycles. The van der Waals surface area contributed by atoms with E-state index in [2.05, 4.69) is 21.5 Å². The Balaban J connectivity index is 1.65. The number of fused-ring (bicyclic) bond motifs is 1. The molecule has 28 heavy (non-hydrogen) atoms. The van der Waals surface area contributed by atoms with E-state index in [4.69, 9.17) is 0 Å². The fourth-order valence-electron chi connectivity index (χ4n) is 3.07. The van der Waals surface area contributed by atoms with Crippen molar-refractivity contribution in [2.75, 3.05) is 5.32 Å². The first-order chi connectivity index (χ1) is 13.6. The number of aromatic nitrogens is 3. The van der Waals surface area contributed by atoms with Gasteiger partial charge in [-0.2, -0.15) is 10.2 Å². The van der Waals surface area contributed by atoms with Gasteiger partial charge in [0.2, 0.25) is 5.95 Å². The third-order valence-electron chi connectivity index (χ3n) is 4.34. The van der Waals surface area contributed by atoms with Crippen molar-refractivity contribution >= 4 is 23.1 Å². The van der Waals surface area contributed by atoms with Gasteiger partial charge < -0.3 is 5.32 Å². The average Bonchev–Trinajstić information content (AvgIpc) is 3.09. The van der Waals surface area contributed by atoms with Crippen molar-refractivity contribution in [3.8, 4) is 17.2 Å². The summed E-state index contributed by atoms with van der Waals surface area (Å²) in [4.78, 5) is 15.8. The number of nitriles is 1. The first kappa shape index (κ1) is 17.4. The highest BCUT2D eigenvalue weighted by molar-refractivity contribution is 5.79. The van der Waals surface area contributed by atoms with E-state index in [1.807, 2.05) is 60.8 Å². The predicted molar refractivity (Wildman–Crippen MR) is 107 cm³/mol. The van der Waals surface area contributed by atoms with Gasteiger partial charge >= 0.3 is 0 Å². The summed E-state index contributed by atoms with van der Waals surface area (Å²) in [6.07, 6.45) is 2.32. The molecule has 136 valence electrons. The quantitative estimate of drug-likeness (QED) is 0.573. The summed E-state index contributed by atoms with van der Waals surface area (Å²) in [5.41, 5.74) is 4.87. The van der Waals surface area contributed by atoms with E-state index in [0.29, 0.717) is 29.3 Å². The summed E-state index contributed by atoms with van der Waals surface area (Å²) in [5.74, 6) is 0.558. The summed E-state index contributed by atoms with van der Waals surface area (Å²) in [6.45, 7) is 1.59. The smallest absolute Gasteiger partial charge is 0.247 e. The first-order valence-electron chi connectivity index (χ1n) is 8.84. The van der Waals surface area contributed by atoms with E-state index < -0.39 is 0 Å². The van der Waals surface area contributed by atoms with Crippen LogP contribution in [0.15, 0.2) is 66.9 Å². The second-order valence-corrected chi connectivity index (χ2v) is 6.52. The number of rotatable bonds is 5. The molecule has 0 radical (unpaired) electrons. The SMILES string of the molecule is CC(=O)Cc1cccc(-c2ccc3nc(Nc4ccccc4C#N)nn3c2)c1. The topological polar surface area (TPSA) is 83.1 Å². The minimum absolute atomic E-state index is 0.136. The molecule has 2 heterocycles. The number of Topliss-reactive ketones (excluding diaryl/α,β-unsaturated/α-hetero) is 1. The molecule has 0 spiro atoms. The van der Waals surface area contributed by atoms with E-state index in [1.54, 1.807) is 17.5 Å². The van der Waals surface area contributed by atoms with Crippen LogP contribution in [0, 0.1) is 11.3 Å². The molecule has 0 fully saturated rings. The van der Waals surface area contributed by atoms with E-state index in [9.17, 15) is 10.1 Å². The minimum atomic E-state index is 0.136. The molecule has 0 bridgehead atoms. The number of pyridine rings is 1. The molecular weight excluding hydrogens is 350 g/mol. The molecule has 4 rings (SSSR count). The molecule has 0 saturated carbocycles. The molecule has 0 amide bonds. The maximum Gasteiger partial charge on any atom is 0.247 e. The second kappa shape index (κ2) is 7.33. The zero-order chi connectivity index (χ0) is 19.5. The zero-order valence-electron chi connectivity index (χ0n) is 15.3.